The zero-order valence-corrected chi connectivity index (χ0v) is 18.3. The van der Waals surface area contributed by atoms with Crippen LogP contribution < -0.4 is 5.69 Å². The maximum Gasteiger partial charge on any atom is 0.326 e. The van der Waals surface area contributed by atoms with Crippen LogP contribution in [0.25, 0.3) is 11.0 Å². The van der Waals surface area contributed by atoms with Gasteiger partial charge in [0.1, 0.15) is 0 Å². The Morgan fingerprint density at radius 2 is 1.72 bits per heavy atom. The maximum absolute atomic E-state index is 12.6. The van der Waals surface area contributed by atoms with E-state index in [0.29, 0.717) is 18.2 Å². The molecular formula is C23H34ClN3O2. The van der Waals surface area contributed by atoms with Crippen LogP contribution in [0.15, 0.2) is 23.0 Å². The average Bonchev–Trinajstić information content (AvgIpc) is 3.49. The van der Waals surface area contributed by atoms with Crippen LogP contribution >= 0.6 is 12.4 Å². The number of likely N-dealkylation sites (tertiary alicyclic amines) is 1. The van der Waals surface area contributed by atoms with Gasteiger partial charge in [-0.05, 0) is 81.9 Å². The molecule has 1 N–H and O–H groups in total. The summed E-state index contributed by atoms with van der Waals surface area (Å²) in [5.74, 6) is 0.869. The number of hydrogen-bond donors (Lipinski definition) is 1. The van der Waals surface area contributed by atoms with Crippen molar-refractivity contribution in [1.82, 2.24) is 14.5 Å². The molecule has 1 aromatic carbocycles. The molecule has 0 spiro atoms. The molecule has 29 heavy (non-hydrogen) atoms. The van der Waals surface area contributed by atoms with Crippen molar-refractivity contribution in [3.63, 3.8) is 0 Å². The summed E-state index contributed by atoms with van der Waals surface area (Å²) in [7, 11) is 0. The van der Waals surface area contributed by atoms with Gasteiger partial charge in [-0.2, -0.15) is 0 Å². The molecule has 2 saturated carbocycles. The van der Waals surface area contributed by atoms with Crippen LogP contribution in [-0.2, 0) is 4.74 Å². The molecule has 3 fully saturated rings. The number of imidazole rings is 1. The predicted molar refractivity (Wildman–Crippen MR) is 119 cm³/mol. The average molecular weight is 420 g/mol. The summed E-state index contributed by atoms with van der Waals surface area (Å²) in [6.07, 6.45) is 10.4. The van der Waals surface area contributed by atoms with Crippen molar-refractivity contribution >= 4 is 23.4 Å². The lowest BCUT2D eigenvalue weighted by Crippen LogP contribution is -2.45. The lowest BCUT2D eigenvalue weighted by molar-refractivity contribution is -0.00218. The van der Waals surface area contributed by atoms with Gasteiger partial charge in [-0.15, -0.1) is 12.4 Å². The summed E-state index contributed by atoms with van der Waals surface area (Å²) in [6.45, 7) is 5.30. The van der Waals surface area contributed by atoms with Gasteiger partial charge in [-0.25, -0.2) is 4.79 Å². The zero-order chi connectivity index (χ0) is 19.1. The number of rotatable bonds is 5. The van der Waals surface area contributed by atoms with Crippen molar-refractivity contribution in [2.45, 2.75) is 76.5 Å². The van der Waals surface area contributed by atoms with Crippen molar-refractivity contribution in [1.29, 1.82) is 0 Å². The third-order valence-electron chi connectivity index (χ3n) is 7.16. The number of fused-ring (bicyclic) bond motifs is 1. The van der Waals surface area contributed by atoms with Gasteiger partial charge >= 0.3 is 5.69 Å². The highest BCUT2D eigenvalue weighted by Crippen LogP contribution is 2.33. The van der Waals surface area contributed by atoms with E-state index in [2.05, 4.69) is 28.9 Å². The summed E-state index contributed by atoms with van der Waals surface area (Å²) in [4.78, 5) is 18.3. The largest absolute Gasteiger partial charge is 0.378 e. The van der Waals surface area contributed by atoms with Crippen molar-refractivity contribution in [3.05, 3.63) is 34.2 Å². The van der Waals surface area contributed by atoms with Crippen molar-refractivity contribution in [3.8, 4) is 0 Å². The molecule has 2 aromatic rings. The first-order chi connectivity index (χ1) is 13.7. The lowest BCUT2D eigenvalue weighted by Gasteiger charge is -2.41. The summed E-state index contributed by atoms with van der Waals surface area (Å²) in [5.41, 5.74) is 3.28. The number of aromatic nitrogens is 2. The normalized spacial score (nSPS) is 26.5. The molecule has 5 rings (SSSR count). The number of ether oxygens (including phenoxy) is 1. The second kappa shape index (κ2) is 8.83. The molecule has 1 aromatic heterocycles. The molecule has 2 aliphatic carbocycles. The van der Waals surface area contributed by atoms with Crippen LogP contribution in [-0.4, -0.2) is 46.3 Å². The van der Waals surface area contributed by atoms with Crippen LogP contribution in [0.4, 0.5) is 0 Å². The molecule has 5 nitrogen and oxygen atoms in total. The minimum absolute atomic E-state index is 0. The molecule has 0 bridgehead atoms. The van der Waals surface area contributed by atoms with Gasteiger partial charge in [0.2, 0.25) is 0 Å². The number of aromatic amines is 1. The SMILES string of the molecule is Cc1ccc2[nH]c(=O)n(C3CCN(C4CCC(OCC5CC5)CC4)CC3)c2c1.Cl. The highest BCUT2D eigenvalue weighted by atomic mass is 35.5. The smallest absolute Gasteiger partial charge is 0.326 e. The molecular weight excluding hydrogens is 386 g/mol. The van der Waals surface area contributed by atoms with Crippen molar-refractivity contribution < 1.29 is 4.74 Å². The Labute approximate surface area is 179 Å². The molecule has 3 aliphatic rings. The van der Waals surface area contributed by atoms with E-state index < -0.39 is 0 Å². The van der Waals surface area contributed by atoms with Gasteiger partial charge in [-0.3, -0.25) is 4.57 Å². The minimum atomic E-state index is 0. The van der Waals surface area contributed by atoms with Gasteiger partial charge in [0.25, 0.3) is 0 Å². The van der Waals surface area contributed by atoms with Crippen LogP contribution in [0.5, 0.6) is 0 Å². The van der Waals surface area contributed by atoms with Crippen LogP contribution in [0.3, 0.4) is 0 Å². The Hall–Kier alpha value is -1.30. The summed E-state index contributed by atoms with van der Waals surface area (Å²) in [6, 6.07) is 7.26. The number of piperidine rings is 1. The number of hydrogen-bond acceptors (Lipinski definition) is 3. The van der Waals surface area contributed by atoms with Crippen LogP contribution in [0.2, 0.25) is 0 Å². The summed E-state index contributed by atoms with van der Waals surface area (Å²) < 4.78 is 8.13. The zero-order valence-electron chi connectivity index (χ0n) is 17.4. The van der Waals surface area contributed by atoms with E-state index in [0.717, 1.165) is 49.5 Å². The highest BCUT2D eigenvalue weighted by Gasteiger charge is 2.31. The number of H-pyrrole nitrogens is 1. The lowest BCUT2D eigenvalue weighted by atomic mass is 9.90. The molecule has 0 amide bonds. The van der Waals surface area contributed by atoms with Crippen molar-refractivity contribution in [2.24, 2.45) is 5.92 Å². The van der Waals surface area contributed by atoms with E-state index in [4.69, 9.17) is 4.74 Å². The van der Waals surface area contributed by atoms with E-state index in [1.54, 1.807) is 0 Å². The Kier molecular flexibility index (Phi) is 6.38. The molecule has 0 unspecified atom stereocenters. The standard InChI is InChI=1S/C23H33N3O2.ClH/c1-16-2-9-21-22(14-16)26(23(27)24-21)19-10-12-25(13-11-19)18-5-7-20(8-6-18)28-15-17-3-4-17;/h2,9,14,17-20H,3-8,10-13,15H2,1H3,(H,24,27);1H. The molecule has 1 aliphatic heterocycles. The maximum atomic E-state index is 12.6. The third kappa shape index (κ3) is 4.57. The van der Waals surface area contributed by atoms with E-state index in [9.17, 15) is 4.79 Å². The van der Waals surface area contributed by atoms with E-state index in [-0.39, 0.29) is 18.1 Å². The van der Waals surface area contributed by atoms with Crippen LogP contribution in [0, 0.1) is 12.8 Å². The summed E-state index contributed by atoms with van der Waals surface area (Å²) in [5, 5.41) is 0. The van der Waals surface area contributed by atoms with Gasteiger partial charge < -0.3 is 14.6 Å². The first-order valence-corrected chi connectivity index (χ1v) is 11.2. The number of nitrogens with one attached hydrogen (secondary N) is 1. The van der Waals surface area contributed by atoms with E-state index in [1.165, 1.54) is 44.1 Å². The molecule has 160 valence electrons. The van der Waals surface area contributed by atoms with Crippen LogP contribution in [0.1, 0.15) is 63.0 Å². The predicted octanol–water partition coefficient (Wildman–Crippen LogP) is 4.43. The number of nitrogens with zero attached hydrogens (tertiary/aromatic N) is 2. The second-order valence-corrected chi connectivity index (χ2v) is 9.30. The quantitative estimate of drug-likeness (QED) is 0.779. The first-order valence-electron chi connectivity index (χ1n) is 11.2. The van der Waals surface area contributed by atoms with Gasteiger partial charge in [0.05, 0.1) is 17.1 Å². The van der Waals surface area contributed by atoms with E-state index in [1.807, 2.05) is 10.6 Å². The number of aryl methyl sites for hydroxylation is 1. The van der Waals surface area contributed by atoms with Crippen molar-refractivity contribution in [2.75, 3.05) is 19.7 Å². The first kappa shape index (κ1) is 21.0. The monoisotopic (exact) mass is 419 g/mol. The van der Waals surface area contributed by atoms with Gasteiger partial charge in [-0.1, -0.05) is 6.07 Å². The summed E-state index contributed by atoms with van der Waals surface area (Å²) >= 11 is 0. The fraction of sp³-hybridized carbons (Fsp3) is 0.696. The Morgan fingerprint density at radius 1 is 1.00 bits per heavy atom. The minimum Gasteiger partial charge on any atom is -0.378 e. The Balaban J connectivity index is 0.00000205. The molecule has 6 heteroatoms. The number of halogens is 1. The number of benzene rings is 1. The fourth-order valence-corrected chi connectivity index (χ4v) is 5.24. The highest BCUT2D eigenvalue weighted by molar-refractivity contribution is 5.85. The van der Waals surface area contributed by atoms with Gasteiger partial charge in [0.15, 0.2) is 0 Å². The topological polar surface area (TPSA) is 50.3 Å². The molecule has 2 heterocycles. The Morgan fingerprint density at radius 3 is 2.41 bits per heavy atom. The fourth-order valence-electron chi connectivity index (χ4n) is 5.24. The van der Waals surface area contributed by atoms with E-state index >= 15 is 0 Å². The second-order valence-electron chi connectivity index (χ2n) is 9.30. The molecule has 1 saturated heterocycles. The molecule has 0 radical (unpaired) electrons. The third-order valence-corrected chi connectivity index (χ3v) is 7.16. The molecule has 0 atom stereocenters. The Bertz CT molecular complexity index is 872. The van der Waals surface area contributed by atoms with Gasteiger partial charge in [0, 0.05) is 31.8 Å².